The van der Waals surface area contributed by atoms with Gasteiger partial charge in [0.05, 0.1) is 23.3 Å². The summed E-state index contributed by atoms with van der Waals surface area (Å²) in [4.78, 5) is 4.43. The number of hydrogen-bond acceptors (Lipinski definition) is 8. The number of halogens is 3. The summed E-state index contributed by atoms with van der Waals surface area (Å²) in [6, 6.07) is 8.48. The van der Waals surface area contributed by atoms with Crippen LogP contribution in [-0.4, -0.2) is 76.4 Å². The number of hydrogen-bond donors (Lipinski definition) is 2. The molecule has 0 saturated carbocycles. The third-order valence-corrected chi connectivity index (χ3v) is 19.7. The van der Waals surface area contributed by atoms with Crippen molar-refractivity contribution in [1.29, 1.82) is 0 Å². The van der Waals surface area contributed by atoms with Crippen LogP contribution in [0, 0.1) is 23.1 Å². The number of benzene rings is 3. The van der Waals surface area contributed by atoms with Crippen LogP contribution in [0.3, 0.4) is 0 Å². The molecule has 0 bridgehead atoms. The van der Waals surface area contributed by atoms with Crippen LogP contribution in [0.1, 0.15) is 90.9 Å². The van der Waals surface area contributed by atoms with Gasteiger partial charge in [0.2, 0.25) is 0 Å². The molecule has 3 atom stereocenters. The highest BCUT2D eigenvalue weighted by molar-refractivity contribution is 6.90. The van der Waals surface area contributed by atoms with E-state index in [2.05, 4.69) is 79.5 Å². The molecule has 0 aromatic heterocycles. The number of nitrogens with one attached hydrogen (secondary N) is 2. The number of rotatable bonds is 10. The van der Waals surface area contributed by atoms with E-state index in [9.17, 15) is 4.39 Å². The Morgan fingerprint density at radius 3 is 2.55 bits per heavy atom. The number of anilines is 1. The highest BCUT2D eigenvalue weighted by atomic mass is 28.3. The summed E-state index contributed by atoms with van der Waals surface area (Å²) in [5.74, 6) is 2.89. The van der Waals surface area contributed by atoms with E-state index in [1.165, 1.54) is 13.2 Å². The third kappa shape index (κ3) is 7.05. The molecular formula is C46H57F3N4O4Si. The van der Waals surface area contributed by atoms with E-state index >= 15 is 8.78 Å². The van der Waals surface area contributed by atoms with E-state index in [0.29, 0.717) is 69.6 Å². The molecule has 2 saturated heterocycles. The van der Waals surface area contributed by atoms with E-state index < -0.39 is 37.6 Å². The van der Waals surface area contributed by atoms with Crippen molar-refractivity contribution >= 4 is 24.5 Å². The van der Waals surface area contributed by atoms with E-state index in [1.807, 2.05) is 12.1 Å². The number of alkyl halides is 1. The molecule has 5 heterocycles. The van der Waals surface area contributed by atoms with Gasteiger partial charge < -0.3 is 29.2 Å². The minimum absolute atomic E-state index is 0.00916. The van der Waals surface area contributed by atoms with Gasteiger partial charge in [-0.25, -0.2) is 13.2 Å². The molecule has 8 nitrogen and oxygen atoms in total. The van der Waals surface area contributed by atoms with Gasteiger partial charge in [0, 0.05) is 55.0 Å². The Kier molecular flexibility index (Phi) is 11.3. The van der Waals surface area contributed by atoms with E-state index in [0.717, 1.165) is 44.5 Å². The molecule has 3 aromatic carbocycles. The molecular weight excluding hydrogens is 758 g/mol. The predicted molar refractivity (Wildman–Crippen MR) is 226 cm³/mol. The van der Waals surface area contributed by atoms with Gasteiger partial charge in [0.15, 0.2) is 18.4 Å². The van der Waals surface area contributed by atoms with Gasteiger partial charge in [-0.05, 0) is 84.1 Å². The SMILES string of the molecule is COCOc1cc(-c2cc3c4c(c2F)O/C(OC[C@@]25CCCN2C[C@H](F)C5)=C\C2=CCCCN2C4NCN3)c2c(C#C[Si](C(C)C)(C(C)C)C(C)C)c(F)ccc2c1. The smallest absolute Gasteiger partial charge is 0.286 e. The minimum atomic E-state index is -2.29. The molecule has 0 radical (unpaired) electrons. The number of methoxy groups -OCH3 is 1. The largest absolute Gasteiger partial charge is 0.468 e. The molecule has 2 fully saturated rings. The van der Waals surface area contributed by atoms with Crippen LogP contribution in [0.25, 0.3) is 21.9 Å². The Bertz CT molecular complexity index is 2180. The van der Waals surface area contributed by atoms with Crippen LogP contribution in [0.4, 0.5) is 18.9 Å². The minimum Gasteiger partial charge on any atom is -0.468 e. The normalized spacial score (nSPS) is 23.8. The van der Waals surface area contributed by atoms with Crippen LogP contribution in [-0.2, 0) is 9.47 Å². The van der Waals surface area contributed by atoms with E-state index in [1.54, 1.807) is 18.2 Å². The summed E-state index contributed by atoms with van der Waals surface area (Å²) >= 11 is 0. The maximum absolute atomic E-state index is 18.0. The Hall–Kier alpha value is -4.15. The second-order valence-corrected chi connectivity index (χ2v) is 23.2. The molecule has 5 aliphatic rings. The zero-order chi connectivity index (χ0) is 40.9. The van der Waals surface area contributed by atoms with E-state index in [-0.39, 0.29) is 36.2 Å². The fourth-order valence-corrected chi connectivity index (χ4v) is 15.9. The summed E-state index contributed by atoms with van der Waals surface area (Å²) in [6.07, 6.45) is 6.73. The highest BCUT2D eigenvalue weighted by Gasteiger charge is 2.50. The van der Waals surface area contributed by atoms with Gasteiger partial charge in [0.25, 0.3) is 5.95 Å². The first-order valence-corrected chi connectivity index (χ1v) is 23.2. The van der Waals surface area contributed by atoms with Gasteiger partial charge in [-0.1, -0.05) is 59.6 Å². The maximum Gasteiger partial charge on any atom is 0.286 e. The van der Waals surface area contributed by atoms with Crippen molar-refractivity contribution in [2.45, 2.75) is 108 Å². The number of allylic oxidation sites excluding steroid dienone is 2. The molecule has 58 heavy (non-hydrogen) atoms. The number of ether oxygens (including phenoxy) is 4. The first-order valence-electron chi connectivity index (χ1n) is 21.0. The zero-order valence-electron chi connectivity index (χ0n) is 34.9. The Morgan fingerprint density at radius 1 is 1.00 bits per heavy atom. The van der Waals surface area contributed by atoms with Crippen molar-refractivity contribution in [2.75, 3.05) is 52.1 Å². The lowest BCUT2D eigenvalue weighted by Crippen LogP contribution is -2.45. The molecule has 310 valence electrons. The van der Waals surface area contributed by atoms with Crippen molar-refractivity contribution in [3.8, 4) is 34.1 Å². The highest BCUT2D eigenvalue weighted by Crippen LogP contribution is 2.49. The van der Waals surface area contributed by atoms with Crippen LogP contribution >= 0.6 is 0 Å². The monoisotopic (exact) mass is 814 g/mol. The lowest BCUT2D eigenvalue weighted by atomic mass is 9.91. The first-order chi connectivity index (χ1) is 27.9. The summed E-state index contributed by atoms with van der Waals surface area (Å²) in [5, 5.41) is 8.15. The average molecular weight is 815 g/mol. The Balaban J connectivity index is 1.32. The van der Waals surface area contributed by atoms with Crippen molar-refractivity contribution in [3.05, 3.63) is 76.9 Å². The van der Waals surface area contributed by atoms with Gasteiger partial charge >= 0.3 is 0 Å². The topological polar surface area (TPSA) is 67.5 Å². The van der Waals surface area contributed by atoms with E-state index in [4.69, 9.17) is 18.9 Å². The molecule has 3 aromatic rings. The molecule has 1 unspecified atom stereocenters. The maximum atomic E-state index is 18.0. The van der Waals surface area contributed by atoms with Gasteiger partial charge in [-0.2, -0.15) is 0 Å². The molecule has 8 rings (SSSR count). The van der Waals surface area contributed by atoms with Crippen molar-refractivity contribution in [2.24, 2.45) is 0 Å². The molecule has 2 N–H and O–H groups in total. The average Bonchev–Trinajstić information content (AvgIpc) is 3.72. The fourth-order valence-electron chi connectivity index (χ4n) is 10.7. The molecule has 0 spiro atoms. The summed E-state index contributed by atoms with van der Waals surface area (Å²) < 4.78 is 73.5. The van der Waals surface area contributed by atoms with Crippen molar-refractivity contribution in [3.63, 3.8) is 0 Å². The van der Waals surface area contributed by atoms with Crippen molar-refractivity contribution < 1.29 is 32.1 Å². The number of fused-ring (bicyclic) bond motifs is 4. The molecule has 12 heteroatoms. The summed E-state index contributed by atoms with van der Waals surface area (Å²) in [5.41, 5.74) is 7.35. The zero-order valence-corrected chi connectivity index (χ0v) is 35.9. The lowest BCUT2D eigenvalue weighted by molar-refractivity contribution is 0.0250. The Labute approximate surface area is 342 Å². The van der Waals surface area contributed by atoms with Gasteiger partial charge in [-0.3, -0.25) is 10.2 Å². The third-order valence-electron chi connectivity index (χ3n) is 13.4. The lowest BCUT2D eigenvalue weighted by Gasteiger charge is -2.42. The van der Waals surface area contributed by atoms with Gasteiger partial charge in [-0.15, -0.1) is 5.54 Å². The molecule has 0 aliphatic carbocycles. The van der Waals surface area contributed by atoms with Crippen LogP contribution in [0.15, 0.2) is 54.1 Å². The predicted octanol–water partition coefficient (Wildman–Crippen LogP) is 10.1. The summed E-state index contributed by atoms with van der Waals surface area (Å²) in [7, 11) is -0.751. The first kappa shape index (κ1) is 40.6. The Morgan fingerprint density at radius 2 is 1.79 bits per heavy atom. The summed E-state index contributed by atoms with van der Waals surface area (Å²) in [6.45, 7) is 16.0. The second-order valence-electron chi connectivity index (χ2n) is 17.6. The van der Waals surface area contributed by atoms with Gasteiger partial charge in [0.1, 0.15) is 38.6 Å². The molecule has 0 amide bonds. The second kappa shape index (κ2) is 16.1. The van der Waals surface area contributed by atoms with Crippen LogP contribution < -0.4 is 20.1 Å². The van der Waals surface area contributed by atoms with Crippen LogP contribution in [0.5, 0.6) is 11.5 Å². The van der Waals surface area contributed by atoms with Crippen molar-refractivity contribution in [1.82, 2.24) is 15.1 Å². The fraction of sp³-hybridized carbons (Fsp3) is 0.522. The molecule has 5 aliphatic heterocycles. The van der Waals surface area contributed by atoms with Crippen LogP contribution in [0.2, 0.25) is 16.6 Å². The standard InChI is InChI=1S/C46H57F3N4O4Si/c1-28(2)58(29(3)4,30(5)6)18-14-35-38(48)13-12-31-19-34(56-27-54-7)21-36(41(31)35)37-22-39-42-44(43(37)49)57-40(55-25-46-15-10-16-52(46)24-32(47)23-46)20-33-11-8-9-17-53(33)45(42)51-26-50-39/h11-13,19-22,28-30,32,45,50-51H,8-10,15-17,23-27H2,1-7H3/b40-20-/t32-,45?,46+/m1/s1. The number of nitrogens with zero attached hydrogens (tertiary/aromatic N) is 2. The quantitative estimate of drug-likeness (QED) is 0.119.